The standard InChI is InChI=1S/C27H41NO4S2/c1-4-7-9-13-18-27(25(31)32,19-14-10-8-5-2)23(24(29)30)22(15-6-3)34-26-28-20-16-11-12-17-21(20)33-26/h11-12,16-17,22-23H,4-10,13-15,18-19H2,1-3H3,(H,29,30)(H,31,32)/p-2. The highest BCUT2D eigenvalue weighted by molar-refractivity contribution is 8.01. The first-order valence-corrected chi connectivity index (χ1v) is 14.5. The van der Waals surface area contributed by atoms with Gasteiger partial charge in [0.25, 0.3) is 0 Å². The first kappa shape index (κ1) is 28.6. The fourth-order valence-corrected chi connectivity index (χ4v) is 7.64. The van der Waals surface area contributed by atoms with Gasteiger partial charge in [-0.3, -0.25) is 0 Å². The van der Waals surface area contributed by atoms with Crippen molar-refractivity contribution in [1.82, 2.24) is 4.98 Å². The Labute approximate surface area is 212 Å². The molecular formula is C27H39NO4S2-2. The van der Waals surface area contributed by atoms with Crippen LogP contribution in [0.2, 0.25) is 0 Å². The number of aliphatic carboxylic acids is 2. The molecule has 0 N–H and O–H groups in total. The molecule has 190 valence electrons. The lowest BCUT2D eigenvalue weighted by Crippen LogP contribution is -2.56. The Morgan fingerprint density at radius 2 is 1.56 bits per heavy atom. The number of benzene rings is 1. The molecule has 2 rings (SSSR count). The molecule has 0 radical (unpaired) electrons. The van der Waals surface area contributed by atoms with Crippen LogP contribution in [-0.2, 0) is 9.59 Å². The Kier molecular flexibility index (Phi) is 12.4. The van der Waals surface area contributed by atoms with Crippen LogP contribution >= 0.6 is 23.1 Å². The second-order valence-electron chi connectivity index (χ2n) is 9.25. The first-order chi connectivity index (χ1) is 16.4. The third-order valence-electron chi connectivity index (χ3n) is 6.68. The van der Waals surface area contributed by atoms with E-state index in [9.17, 15) is 19.8 Å². The summed E-state index contributed by atoms with van der Waals surface area (Å²) in [5.41, 5.74) is -0.551. The van der Waals surface area contributed by atoms with Gasteiger partial charge in [-0.2, -0.15) is 0 Å². The predicted molar refractivity (Wildman–Crippen MR) is 138 cm³/mol. The maximum absolute atomic E-state index is 12.8. The highest BCUT2D eigenvalue weighted by Crippen LogP contribution is 2.47. The lowest BCUT2D eigenvalue weighted by molar-refractivity contribution is -0.336. The number of hydrogen-bond donors (Lipinski definition) is 0. The summed E-state index contributed by atoms with van der Waals surface area (Å²) in [5.74, 6) is -3.64. The zero-order valence-electron chi connectivity index (χ0n) is 20.8. The number of thiazole rings is 1. The molecule has 1 aromatic heterocycles. The Bertz CT molecular complexity index is 853. The minimum atomic E-state index is -1.43. The van der Waals surface area contributed by atoms with Gasteiger partial charge in [-0.05, 0) is 31.4 Å². The second-order valence-corrected chi connectivity index (χ2v) is 11.8. The summed E-state index contributed by atoms with van der Waals surface area (Å²) in [6.45, 7) is 6.21. The van der Waals surface area contributed by atoms with E-state index in [1.54, 1.807) is 0 Å². The van der Waals surface area contributed by atoms with Gasteiger partial charge in [0.2, 0.25) is 0 Å². The molecule has 0 aliphatic carbocycles. The largest absolute Gasteiger partial charge is 0.550 e. The fraction of sp³-hybridized carbons (Fsp3) is 0.667. The molecule has 0 aliphatic heterocycles. The monoisotopic (exact) mass is 505 g/mol. The number of carbonyl (C=O) groups is 2. The number of carbonyl (C=O) groups excluding carboxylic acids is 2. The molecule has 1 aromatic carbocycles. The van der Waals surface area contributed by atoms with Crippen molar-refractivity contribution in [2.24, 2.45) is 11.3 Å². The molecule has 0 fully saturated rings. The van der Waals surface area contributed by atoms with Crippen molar-refractivity contribution in [3.8, 4) is 0 Å². The molecule has 5 nitrogen and oxygen atoms in total. The number of unbranched alkanes of at least 4 members (excludes halogenated alkanes) is 6. The van der Waals surface area contributed by atoms with E-state index in [0.29, 0.717) is 32.1 Å². The first-order valence-electron chi connectivity index (χ1n) is 12.8. The maximum Gasteiger partial charge on any atom is 0.151 e. The van der Waals surface area contributed by atoms with Crippen LogP contribution in [0, 0.1) is 11.3 Å². The zero-order valence-corrected chi connectivity index (χ0v) is 22.5. The molecule has 0 saturated heterocycles. The molecule has 7 heteroatoms. The average molecular weight is 506 g/mol. The summed E-state index contributed by atoms with van der Waals surface area (Å²) in [5, 5.41) is 25.0. The van der Waals surface area contributed by atoms with Crippen molar-refractivity contribution in [3.05, 3.63) is 24.3 Å². The summed E-state index contributed by atoms with van der Waals surface area (Å²) < 4.78 is 1.81. The number of hydrogen-bond acceptors (Lipinski definition) is 7. The van der Waals surface area contributed by atoms with Gasteiger partial charge >= 0.3 is 0 Å². The summed E-state index contributed by atoms with van der Waals surface area (Å²) in [7, 11) is 0. The highest BCUT2D eigenvalue weighted by atomic mass is 32.2. The molecule has 34 heavy (non-hydrogen) atoms. The SMILES string of the molecule is CCCCCCC(CCCCCC)(C(=O)[O-])C(C(=O)[O-])C(CCC)Sc1nc2ccccc2s1. The Morgan fingerprint density at radius 1 is 0.941 bits per heavy atom. The topological polar surface area (TPSA) is 93.1 Å². The Hall–Kier alpha value is -1.60. The minimum absolute atomic E-state index is 0.320. The van der Waals surface area contributed by atoms with Crippen LogP contribution in [-0.4, -0.2) is 22.2 Å². The molecule has 1 heterocycles. The molecule has 0 aliphatic rings. The number of aromatic nitrogens is 1. The van der Waals surface area contributed by atoms with Crippen LogP contribution in [0.15, 0.2) is 28.6 Å². The van der Waals surface area contributed by atoms with Crippen LogP contribution in [0.25, 0.3) is 10.2 Å². The molecule has 2 unspecified atom stereocenters. The molecule has 0 spiro atoms. The summed E-state index contributed by atoms with van der Waals surface area (Å²) in [4.78, 5) is 30.1. The van der Waals surface area contributed by atoms with Crippen molar-refractivity contribution in [2.75, 3.05) is 0 Å². The molecule has 0 amide bonds. The molecule has 2 aromatic rings. The number of carboxylic acids is 2. The molecule has 2 atom stereocenters. The van der Waals surface area contributed by atoms with E-state index in [-0.39, 0.29) is 0 Å². The van der Waals surface area contributed by atoms with Gasteiger partial charge in [0.15, 0.2) is 4.34 Å². The Balaban J connectivity index is 2.42. The number of thioether (sulfide) groups is 1. The quantitative estimate of drug-likeness (QED) is 0.193. The van der Waals surface area contributed by atoms with E-state index in [1.165, 1.54) is 23.1 Å². The fourth-order valence-electron chi connectivity index (χ4n) is 4.84. The molecule has 0 saturated carbocycles. The van der Waals surface area contributed by atoms with Gasteiger partial charge in [-0.15, -0.1) is 11.3 Å². The Morgan fingerprint density at radius 3 is 2.06 bits per heavy atom. The average Bonchev–Trinajstić information content (AvgIpc) is 3.21. The highest BCUT2D eigenvalue weighted by Gasteiger charge is 2.44. The summed E-state index contributed by atoms with van der Waals surface area (Å²) in [6, 6.07) is 7.82. The predicted octanol–water partition coefficient (Wildman–Crippen LogP) is 5.60. The van der Waals surface area contributed by atoms with Crippen molar-refractivity contribution in [2.45, 2.75) is 107 Å². The van der Waals surface area contributed by atoms with E-state index in [4.69, 9.17) is 0 Å². The minimum Gasteiger partial charge on any atom is -0.550 e. The van der Waals surface area contributed by atoms with Gasteiger partial charge in [0.05, 0.1) is 10.2 Å². The zero-order chi connectivity index (χ0) is 25.0. The normalized spacial score (nSPS) is 13.7. The van der Waals surface area contributed by atoms with E-state index in [1.807, 2.05) is 31.2 Å². The summed E-state index contributed by atoms with van der Waals surface area (Å²) in [6.07, 6.45) is 9.21. The van der Waals surface area contributed by atoms with E-state index < -0.39 is 28.5 Å². The number of carboxylic acid groups (broad SMARTS) is 2. The van der Waals surface area contributed by atoms with Crippen molar-refractivity contribution in [1.29, 1.82) is 0 Å². The van der Waals surface area contributed by atoms with Crippen LogP contribution in [0.4, 0.5) is 0 Å². The summed E-state index contributed by atoms with van der Waals surface area (Å²) >= 11 is 2.93. The van der Waals surface area contributed by atoms with E-state index in [2.05, 4.69) is 18.8 Å². The number of rotatable bonds is 18. The van der Waals surface area contributed by atoms with Crippen LogP contribution < -0.4 is 10.2 Å². The number of fused-ring (bicyclic) bond motifs is 1. The third-order valence-corrected chi connectivity index (χ3v) is 9.15. The maximum atomic E-state index is 12.8. The van der Waals surface area contributed by atoms with E-state index >= 15 is 0 Å². The molecular weight excluding hydrogens is 466 g/mol. The van der Waals surface area contributed by atoms with Gasteiger partial charge in [-0.25, -0.2) is 4.98 Å². The van der Waals surface area contributed by atoms with Gasteiger partial charge < -0.3 is 19.8 Å². The number of nitrogens with zero attached hydrogens (tertiary/aromatic N) is 1. The van der Waals surface area contributed by atoms with Crippen LogP contribution in [0.3, 0.4) is 0 Å². The van der Waals surface area contributed by atoms with Gasteiger partial charge in [0, 0.05) is 28.5 Å². The lowest BCUT2D eigenvalue weighted by Gasteiger charge is -2.46. The van der Waals surface area contributed by atoms with Crippen LogP contribution in [0.1, 0.15) is 97.8 Å². The third kappa shape index (κ3) is 7.70. The van der Waals surface area contributed by atoms with Crippen molar-refractivity contribution >= 4 is 45.3 Å². The second kappa shape index (κ2) is 14.7. The van der Waals surface area contributed by atoms with E-state index in [0.717, 1.165) is 59.5 Å². The van der Waals surface area contributed by atoms with Crippen molar-refractivity contribution in [3.63, 3.8) is 0 Å². The van der Waals surface area contributed by atoms with Gasteiger partial charge in [-0.1, -0.05) is 102 Å². The van der Waals surface area contributed by atoms with Gasteiger partial charge in [0.1, 0.15) is 0 Å². The smallest absolute Gasteiger partial charge is 0.151 e. The van der Waals surface area contributed by atoms with Crippen molar-refractivity contribution < 1.29 is 19.8 Å². The van der Waals surface area contributed by atoms with Crippen LogP contribution in [0.5, 0.6) is 0 Å². The lowest BCUT2D eigenvalue weighted by atomic mass is 9.66. The molecule has 0 bridgehead atoms. The number of para-hydroxylation sites is 1.